The van der Waals surface area contributed by atoms with Crippen molar-refractivity contribution in [3.8, 4) is 0 Å². The third kappa shape index (κ3) is 14.1. The summed E-state index contributed by atoms with van der Waals surface area (Å²) < 4.78 is 85.5. The Labute approximate surface area is 592 Å². The first kappa shape index (κ1) is 79.9. The van der Waals surface area contributed by atoms with Crippen molar-refractivity contribution in [1.82, 2.24) is 0 Å². The molecule has 14 N–H and O–H groups in total. The fourth-order valence-corrected chi connectivity index (χ4v) is 19.5. The van der Waals surface area contributed by atoms with E-state index in [9.17, 15) is 85.9 Å². The molecular formula is C70H110O32. The van der Waals surface area contributed by atoms with Crippen molar-refractivity contribution in [3.63, 3.8) is 0 Å². The van der Waals surface area contributed by atoms with Crippen molar-refractivity contribution >= 4 is 24.2 Å². The third-order valence-electron chi connectivity index (χ3n) is 25.8. The lowest BCUT2D eigenvalue weighted by Crippen LogP contribution is -2.68. The molecule has 32 nitrogen and oxygen atoms in total. The maximum Gasteiger partial charge on any atom is 0.338 e. The second-order valence-electron chi connectivity index (χ2n) is 32.4. The number of aldehydes is 1. The molecule has 102 heavy (non-hydrogen) atoms. The number of rotatable bonds is 20. The van der Waals surface area contributed by atoms with Gasteiger partial charge in [0, 0.05) is 6.92 Å². The van der Waals surface area contributed by atoms with Crippen LogP contribution in [-0.4, -0.2) is 300 Å². The van der Waals surface area contributed by atoms with E-state index in [1.807, 2.05) is 13.8 Å². The van der Waals surface area contributed by atoms with E-state index in [2.05, 4.69) is 40.7 Å². The van der Waals surface area contributed by atoms with Gasteiger partial charge in [-0.25, -0.2) is 4.79 Å². The topological polar surface area (TPSA) is 481 Å². The fourth-order valence-electron chi connectivity index (χ4n) is 19.5. The average molecular weight is 1460 g/mol. The highest BCUT2D eigenvalue weighted by Crippen LogP contribution is 2.76. The normalized spacial score (nSPS) is 51.5. The molecule has 0 unspecified atom stereocenters. The maximum atomic E-state index is 16.1. The number of ether oxygens (including phenoxy) is 14. The lowest BCUT2D eigenvalue weighted by atomic mass is 9.33. The number of esters is 3. The van der Waals surface area contributed by atoms with Crippen molar-refractivity contribution in [1.29, 1.82) is 0 Å². The van der Waals surface area contributed by atoms with Gasteiger partial charge >= 0.3 is 17.9 Å². The molecule has 0 aromatic carbocycles. The molecule has 11 aliphatic rings. The number of aliphatic hydroxyl groups excluding tert-OH is 14. The summed E-state index contributed by atoms with van der Waals surface area (Å²) in [7, 11) is 0. The van der Waals surface area contributed by atoms with E-state index < -0.39 is 249 Å². The van der Waals surface area contributed by atoms with Crippen molar-refractivity contribution in [2.45, 2.75) is 324 Å². The zero-order valence-electron chi connectivity index (χ0n) is 59.6. The van der Waals surface area contributed by atoms with Crippen LogP contribution in [0.15, 0.2) is 11.6 Å². The van der Waals surface area contributed by atoms with Crippen LogP contribution in [0.5, 0.6) is 0 Å². The zero-order valence-corrected chi connectivity index (χ0v) is 59.6. The van der Waals surface area contributed by atoms with Crippen LogP contribution in [-0.2, 0) is 85.5 Å². The number of hydrogen-bond acceptors (Lipinski definition) is 32. The first-order chi connectivity index (χ1) is 48.0. The zero-order chi connectivity index (χ0) is 74.4. The summed E-state index contributed by atoms with van der Waals surface area (Å²) in [6.07, 6.45) is -39.5. The minimum Gasteiger partial charge on any atom is -0.464 e. The van der Waals surface area contributed by atoms with Gasteiger partial charge in [-0.3, -0.25) is 9.59 Å². The predicted octanol–water partition coefficient (Wildman–Crippen LogP) is -1.95. The molecular weight excluding hydrogens is 1350 g/mol. The minimum absolute atomic E-state index is 0.0222. The molecule has 0 radical (unpaired) electrons. The van der Waals surface area contributed by atoms with Gasteiger partial charge in [-0.15, -0.1) is 0 Å². The second kappa shape index (κ2) is 30.7. The molecule has 0 aromatic heterocycles. The van der Waals surface area contributed by atoms with Crippen LogP contribution < -0.4 is 0 Å². The molecule has 0 amide bonds. The summed E-state index contributed by atoms with van der Waals surface area (Å²) in [5.41, 5.74) is -3.31. The van der Waals surface area contributed by atoms with Gasteiger partial charge in [-0.2, -0.15) is 0 Å². The summed E-state index contributed by atoms with van der Waals surface area (Å²) in [6.45, 7) is 16.8. The number of fused-ring (bicyclic) bond motifs is 7. The van der Waals surface area contributed by atoms with Crippen LogP contribution >= 0.6 is 0 Å². The highest BCUT2D eigenvalue weighted by atomic mass is 16.8. The van der Waals surface area contributed by atoms with Gasteiger partial charge in [-0.1, -0.05) is 66.5 Å². The van der Waals surface area contributed by atoms with E-state index >= 15 is 4.79 Å². The first-order valence-electron chi connectivity index (χ1n) is 36.3. The van der Waals surface area contributed by atoms with Crippen LogP contribution in [0.25, 0.3) is 0 Å². The summed E-state index contributed by atoms with van der Waals surface area (Å²) >= 11 is 0. The molecule has 0 bridgehead atoms. The Morgan fingerprint density at radius 2 is 1.13 bits per heavy atom. The lowest BCUT2D eigenvalue weighted by molar-refractivity contribution is -0.382. The molecule has 6 saturated heterocycles. The number of unbranched alkanes of at least 4 members (excludes halogenated alkanes) is 1. The molecule has 32 heteroatoms. The van der Waals surface area contributed by atoms with E-state index in [0.717, 1.165) is 18.8 Å². The van der Waals surface area contributed by atoms with Gasteiger partial charge in [0.25, 0.3) is 0 Å². The quantitative estimate of drug-likeness (QED) is 0.0157. The van der Waals surface area contributed by atoms with Crippen LogP contribution in [0.4, 0.5) is 0 Å². The maximum absolute atomic E-state index is 16.1. The predicted molar refractivity (Wildman–Crippen MR) is 342 cm³/mol. The van der Waals surface area contributed by atoms with Gasteiger partial charge in [0.05, 0.1) is 55.6 Å². The summed E-state index contributed by atoms with van der Waals surface area (Å²) in [5, 5.41) is 153. The summed E-state index contributed by atoms with van der Waals surface area (Å²) in [4.78, 5) is 56.9. The second-order valence-corrected chi connectivity index (χ2v) is 32.4. The van der Waals surface area contributed by atoms with Crippen LogP contribution in [0.3, 0.4) is 0 Å². The Kier molecular flexibility index (Phi) is 24.0. The van der Waals surface area contributed by atoms with Gasteiger partial charge in [0.1, 0.15) is 110 Å². The van der Waals surface area contributed by atoms with Crippen LogP contribution in [0.1, 0.15) is 146 Å². The number of aliphatic hydroxyl groups is 14. The Balaban J connectivity index is 0.879. The molecule has 0 aromatic rings. The Morgan fingerprint density at radius 1 is 0.559 bits per heavy atom. The molecule has 4 saturated carbocycles. The Hall–Kier alpha value is -3.18. The highest BCUT2D eigenvalue weighted by Gasteiger charge is 2.71. The Bertz CT molecular complexity index is 2960. The molecule has 11 rings (SSSR count). The molecule has 0 spiro atoms. The van der Waals surface area contributed by atoms with Crippen molar-refractivity contribution in [2.24, 2.45) is 50.2 Å². The largest absolute Gasteiger partial charge is 0.464 e. The summed E-state index contributed by atoms with van der Waals surface area (Å²) in [5.74, 6) is -3.36. The molecule has 37 atom stereocenters. The molecule has 6 aliphatic heterocycles. The van der Waals surface area contributed by atoms with Crippen LogP contribution in [0.2, 0.25) is 0 Å². The van der Waals surface area contributed by atoms with E-state index in [1.54, 1.807) is 0 Å². The van der Waals surface area contributed by atoms with Gasteiger partial charge < -0.3 is 143 Å². The molecule has 582 valence electrons. The SMILES string of the molecule is CCCCOC(=O)[C@H]1O[C@H](O[C@@H]2CC[C@@]3(C)[C@H]4CC=C5[C@H]6CC(C)(C)CC[C@]6(C(=O)O[C@@H]6O[C@@H](C)[C@H](OC(C)=O)[C@H](O[C@H]7O[C@@H](CO)[C@@H](O)[C@H]7O)[C@@H]6O[C@@H]6O[C@H](C)[C@H](O[C@H]7OC[C@H](O)[C@H](O)[C@H]7O)[C@H](O)[C@H]6O)CC[C@@]5(C)[C@]4(C)CC[C@H]3[C@@]2(C)C=O)[C@@H](O[C@H]2O[C@@H](CO)[C@H](O)[C@H](O)[C@@H]2O)[C@@H](O)[C@@H]1O. The minimum atomic E-state index is -2.02. The third-order valence-corrected chi connectivity index (χ3v) is 25.8. The van der Waals surface area contributed by atoms with E-state index in [-0.39, 0.29) is 30.3 Å². The fraction of sp³-hybridized carbons (Fsp3) is 0.914. The first-order valence-corrected chi connectivity index (χ1v) is 36.3. The number of carbonyl (C=O) groups excluding carboxylic acids is 4. The number of allylic oxidation sites excluding steroid dienone is 2. The van der Waals surface area contributed by atoms with Crippen molar-refractivity contribution in [3.05, 3.63) is 11.6 Å². The number of carbonyl (C=O) groups is 4. The smallest absolute Gasteiger partial charge is 0.338 e. The highest BCUT2D eigenvalue weighted by molar-refractivity contribution is 5.79. The van der Waals surface area contributed by atoms with E-state index in [1.165, 1.54) is 13.8 Å². The lowest BCUT2D eigenvalue weighted by Gasteiger charge is -2.71. The van der Waals surface area contributed by atoms with E-state index in [4.69, 9.17) is 66.3 Å². The summed E-state index contributed by atoms with van der Waals surface area (Å²) in [6, 6.07) is 0. The molecule has 6 heterocycles. The van der Waals surface area contributed by atoms with E-state index in [0.29, 0.717) is 70.6 Å². The van der Waals surface area contributed by atoms with Gasteiger partial charge in [0.2, 0.25) is 6.29 Å². The van der Waals surface area contributed by atoms with Gasteiger partial charge in [-0.05, 0) is 124 Å². The monoisotopic (exact) mass is 1460 g/mol. The number of hydrogen-bond donors (Lipinski definition) is 14. The standard InChI is InChI=1S/C70H110O32/c1-11-12-23-89-57(87)53-44(80)45(81)54(99-61-49(85)43(79)41(77)35(25-71)94-61)62(98-53)96-39-16-17-66(7)37(67(39,8)28-73)15-18-69(10)38(66)14-13-32-33-24-65(5,6)19-21-70(33,22-20-68(32,69)9)64(88)102-63-56(55(52(30(3)92-63)93-31(4)74)100-60-48(84)42(78)36(26-72)95-60)101-59-50(86)46(82)51(29(2)91-59)97-58-47(83)40(76)34(75)27-90-58/h13,28-30,33-56,58-63,71-72,75-86H,11-12,14-27H2,1-10H3/t29-,30+,33-,34+,35+,36+,37-,38-,39-,40+,41+,42-,43+,44+,45+,46-,47-,48-,49+,50-,51+,52+,53+,54+,55+,56+,58-,59+,60-,61-,62+,63+,66-,67-,68-,69-,70+/m1/s1. The van der Waals surface area contributed by atoms with Crippen LogP contribution in [0, 0.1) is 50.2 Å². The van der Waals surface area contributed by atoms with Gasteiger partial charge in [0.15, 0.2) is 49.8 Å². The molecule has 10 fully saturated rings. The van der Waals surface area contributed by atoms with Crippen molar-refractivity contribution < 1.29 is 157 Å². The Morgan fingerprint density at radius 3 is 1.77 bits per heavy atom. The molecule has 5 aliphatic carbocycles. The van der Waals surface area contributed by atoms with Crippen molar-refractivity contribution in [2.75, 3.05) is 26.4 Å². The average Bonchev–Trinajstić information content (AvgIpc) is 0.776.